The van der Waals surface area contributed by atoms with Crippen molar-refractivity contribution < 1.29 is 0 Å². The fourth-order valence-electron chi connectivity index (χ4n) is 7.12. The molecule has 0 unspecified atom stereocenters. The van der Waals surface area contributed by atoms with Crippen LogP contribution < -0.4 is 0 Å². The van der Waals surface area contributed by atoms with Crippen LogP contribution in [0.15, 0.2) is 170 Å². The monoisotopic (exact) mass is 588 g/mol. The van der Waals surface area contributed by atoms with Gasteiger partial charge in [-0.3, -0.25) is 0 Å². The highest BCUT2D eigenvalue weighted by Crippen LogP contribution is 2.47. The van der Waals surface area contributed by atoms with E-state index >= 15 is 0 Å². The minimum atomic E-state index is 1.23. The summed E-state index contributed by atoms with van der Waals surface area (Å²) >= 11 is 1.89. The van der Waals surface area contributed by atoms with Crippen LogP contribution >= 0.6 is 11.3 Å². The zero-order valence-corrected chi connectivity index (χ0v) is 25.4. The average Bonchev–Trinajstić information content (AvgIpc) is 3.50. The van der Waals surface area contributed by atoms with Crippen molar-refractivity contribution in [3.63, 3.8) is 0 Å². The Morgan fingerprint density at radius 3 is 1.51 bits per heavy atom. The van der Waals surface area contributed by atoms with Crippen LogP contribution in [-0.2, 0) is 0 Å². The number of hydrogen-bond donors (Lipinski definition) is 0. The number of benzene rings is 8. The molecular formula is C44H28S. The maximum Gasteiger partial charge on any atom is 0.0433 e. The third-order valence-corrected chi connectivity index (χ3v) is 10.3. The van der Waals surface area contributed by atoms with E-state index in [4.69, 9.17) is 0 Å². The second-order valence-corrected chi connectivity index (χ2v) is 12.7. The Kier molecular flexibility index (Phi) is 6.11. The molecule has 0 saturated heterocycles. The van der Waals surface area contributed by atoms with E-state index in [9.17, 15) is 0 Å². The Balaban J connectivity index is 1.31. The molecule has 0 atom stereocenters. The predicted molar refractivity (Wildman–Crippen MR) is 196 cm³/mol. The first kappa shape index (κ1) is 25.9. The summed E-state index contributed by atoms with van der Waals surface area (Å²) in [5, 5.41) is 7.74. The maximum absolute atomic E-state index is 2.39. The van der Waals surface area contributed by atoms with Gasteiger partial charge in [0.25, 0.3) is 0 Å². The summed E-state index contributed by atoms with van der Waals surface area (Å²) in [5.41, 5.74) is 10.1. The third-order valence-electron chi connectivity index (χ3n) is 9.08. The summed E-state index contributed by atoms with van der Waals surface area (Å²) < 4.78 is 2.68. The quantitative estimate of drug-likeness (QED) is 0.179. The van der Waals surface area contributed by atoms with E-state index in [1.807, 2.05) is 11.3 Å². The highest BCUT2D eigenvalue weighted by molar-refractivity contribution is 7.26. The van der Waals surface area contributed by atoms with Crippen molar-refractivity contribution in [3.05, 3.63) is 170 Å². The van der Waals surface area contributed by atoms with E-state index in [-0.39, 0.29) is 0 Å². The summed E-state index contributed by atoms with van der Waals surface area (Å²) in [6.07, 6.45) is 0. The SMILES string of the molecule is c1ccc(-c2ccccc2-c2c3ccccc3c(-c3cccc(-c4cccc5c4sc4ccccc45)c3)c3ccccc23)cc1. The zero-order chi connectivity index (χ0) is 29.7. The van der Waals surface area contributed by atoms with Crippen molar-refractivity contribution in [1.82, 2.24) is 0 Å². The van der Waals surface area contributed by atoms with Gasteiger partial charge >= 0.3 is 0 Å². The van der Waals surface area contributed by atoms with Gasteiger partial charge in [-0.25, -0.2) is 0 Å². The second-order valence-electron chi connectivity index (χ2n) is 11.6. The van der Waals surface area contributed by atoms with Gasteiger partial charge in [0.15, 0.2) is 0 Å². The van der Waals surface area contributed by atoms with Crippen LogP contribution in [-0.4, -0.2) is 0 Å². The van der Waals surface area contributed by atoms with Gasteiger partial charge in [0, 0.05) is 20.2 Å². The Morgan fingerprint density at radius 1 is 0.289 bits per heavy atom. The lowest BCUT2D eigenvalue weighted by atomic mass is 9.83. The summed E-state index contributed by atoms with van der Waals surface area (Å²) in [6.45, 7) is 0. The van der Waals surface area contributed by atoms with Crippen LogP contribution in [0.1, 0.15) is 0 Å². The lowest BCUT2D eigenvalue weighted by molar-refractivity contribution is 1.60. The first-order valence-electron chi connectivity index (χ1n) is 15.4. The molecule has 0 N–H and O–H groups in total. The third kappa shape index (κ3) is 4.20. The predicted octanol–water partition coefficient (Wildman–Crippen LogP) is 13.0. The van der Waals surface area contributed by atoms with Gasteiger partial charge in [-0.2, -0.15) is 0 Å². The number of fused-ring (bicyclic) bond motifs is 5. The molecule has 0 aliphatic carbocycles. The molecule has 1 heteroatoms. The van der Waals surface area contributed by atoms with Gasteiger partial charge in [0.1, 0.15) is 0 Å². The molecule has 210 valence electrons. The van der Waals surface area contributed by atoms with Crippen LogP contribution in [0.25, 0.3) is 86.2 Å². The van der Waals surface area contributed by atoms with Crippen molar-refractivity contribution >= 4 is 53.1 Å². The van der Waals surface area contributed by atoms with Crippen molar-refractivity contribution in [1.29, 1.82) is 0 Å². The standard InChI is InChI=1S/C44H28S/c1-2-14-29(15-3-1)32-18-4-5-20-35(32)43-38-23-8-6-21-36(38)42(37-22-7-9-24-39(37)43)31-17-12-16-30(28-31)33-25-13-26-40-34-19-10-11-27-41(34)45-44(33)40/h1-28H. The number of thiophene rings is 1. The van der Waals surface area contributed by atoms with E-state index < -0.39 is 0 Å². The fourth-order valence-corrected chi connectivity index (χ4v) is 8.36. The van der Waals surface area contributed by atoms with Crippen molar-refractivity contribution in [2.45, 2.75) is 0 Å². The van der Waals surface area contributed by atoms with Crippen LogP contribution in [0.3, 0.4) is 0 Å². The van der Waals surface area contributed by atoms with Gasteiger partial charge in [0.2, 0.25) is 0 Å². The second kappa shape index (κ2) is 10.6. The van der Waals surface area contributed by atoms with Crippen LogP contribution in [0, 0.1) is 0 Å². The molecule has 0 bridgehead atoms. The molecule has 1 aromatic heterocycles. The van der Waals surface area contributed by atoms with Gasteiger partial charge in [0.05, 0.1) is 0 Å². The minimum Gasteiger partial charge on any atom is -0.135 e. The molecule has 0 aliphatic rings. The maximum atomic E-state index is 2.39. The summed E-state index contributed by atoms with van der Waals surface area (Å²) in [4.78, 5) is 0. The van der Waals surface area contributed by atoms with Crippen LogP contribution in [0.4, 0.5) is 0 Å². The zero-order valence-electron chi connectivity index (χ0n) is 24.6. The molecule has 0 spiro atoms. The van der Waals surface area contributed by atoms with E-state index in [0.29, 0.717) is 0 Å². The smallest absolute Gasteiger partial charge is 0.0433 e. The number of hydrogen-bond acceptors (Lipinski definition) is 1. The molecule has 0 nitrogen and oxygen atoms in total. The summed E-state index contributed by atoms with van der Waals surface area (Å²) in [5.74, 6) is 0. The van der Waals surface area contributed by atoms with Crippen molar-refractivity contribution in [2.75, 3.05) is 0 Å². The Morgan fingerprint density at radius 2 is 0.778 bits per heavy atom. The van der Waals surface area contributed by atoms with Gasteiger partial charge < -0.3 is 0 Å². The minimum absolute atomic E-state index is 1.23. The molecule has 0 radical (unpaired) electrons. The Hall–Kier alpha value is -5.50. The molecule has 8 aromatic carbocycles. The van der Waals surface area contributed by atoms with Crippen molar-refractivity contribution in [3.8, 4) is 44.5 Å². The summed E-state index contributed by atoms with van der Waals surface area (Å²) in [7, 11) is 0. The highest BCUT2D eigenvalue weighted by atomic mass is 32.1. The molecule has 0 aliphatic heterocycles. The Labute approximate surface area is 266 Å². The van der Waals surface area contributed by atoms with Crippen LogP contribution in [0.2, 0.25) is 0 Å². The molecule has 1 heterocycles. The first-order valence-corrected chi connectivity index (χ1v) is 16.3. The normalized spacial score (nSPS) is 11.6. The molecule has 0 amide bonds. The lowest BCUT2D eigenvalue weighted by Crippen LogP contribution is -1.93. The van der Waals surface area contributed by atoms with E-state index in [1.54, 1.807) is 0 Å². The molecule has 9 rings (SSSR count). The average molecular weight is 589 g/mol. The van der Waals surface area contributed by atoms with Gasteiger partial charge in [-0.15, -0.1) is 11.3 Å². The van der Waals surface area contributed by atoms with Gasteiger partial charge in [-0.05, 0) is 78.2 Å². The lowest BCUT2D eigenvalue weighted by Gasteiger charge is -2.20. The van der Waals surface area contributed by atoms with Crippen LogP contribution in [0.5, 0.6) is 0 Å². The fraction of sp³-hybridized carbons (Fsp3) is 0. The number of rotatable bonds is 4. The molecule has 9 aromatic rings. The molecule has 45 heavy (non-hydrogen) atoms. The van der Waals surface area contributed by atoms with Crippen molar-refractivity contribution in [2.24, 2.45) is 0 Å². The summed E-state index contributed by atoms with van der Waals surface area (Å²) in [6, 6.07) is 62.1. The van der Waals surface area contributed by atoms with E-state index in [2.05, 4.69) is 170 Å². The Bertz CT molecular complexity index is 2480. The molecular weight excluding hydrogens is 561 g/mol. The molecule has 0 fully saturated rings. The topological polar surface area (TPSA) is 0 Å². The van der Waals surface area contributed by atoms with E-state index in [1.165, 1.54) is 86.2 Å². The van der Waals surface area contributed by atoms with Gasteiger partial charge in [-0.1, -0.05) is 158 Å². The molecule has 0 saturated carbocycles. The first-order chi connectivity index (χ1) is 22.3. The largest absolute Gasteiger partial charge is 0.135 e. The highest BCUT2D eigenvalue weighted by Gasteiger charge is 2.19. The van der Waals surface area contributed by atoms with E-state index in [0.717, 1.165) is 0 Å².